The molecule has 158 valence electrons. The summed E-state index contributed by atoms with van der Waals surface area (Å²) < 4.78 is 10.7. The number of amides is 2. The van der Waals surface area contributed by atoms with E-state index in [1.807, 2.05) is 34.1 Å². The lowest BCUT2D eigenvalue weighted by Gasteiger charge is -2.23. The zero-order valence-electron chi connectivity index (χ0n) is 17.8. The van der Waals surface area contributed by atoms with Crippen LogP contribution in [0, 0.1) is 0 Å². The van der Waals surface area contributed by atoms with Gasteiger partial charge < -0.3 is 19.3 Å². The van der Waals surface area contributed by atoms with Gasteiger partial charge in [0.25, 0.3) is 11.8 Å². The summed E-state index contributed by atoms with van der Waals surface area (Å²) in [4.78, 5) is 29.6. The van der Waals surface area contributed by atoms with Gasteiger partial charge in [0.05, 0.1) is 0 Å². The molecule has 2 heterocycles. The van der Waals surface area contributed by atoms with E-state index in [2.05, 4.69) is 20.8 Å². The fraction of sp³-hybridized carbons (Fsp3) is 0.417. The maximum absolute atomic E-state index is 13.0. The number of fused-ring (bicyclic) bond motifs is 1. The van der Waals surface area contributed by atoms with Crippen molar-refractivity contribution in [1.82, 2.24) is 9.80 Å². The number of nitrogens with zero attached hydrogens (tertiary/aromatic N) is 2. The Morgan fingerprint density at radius 1 is 0.767 bits per heavy atom. The molecular formula is C24H28N2O4. The zero-order chi connectivity index (χ0) is 21.3. The van der Waals surface area contributed by atoms with E-state index in [1.54, 1.807) is 18.2 Å². The quantitative estimate of drug-likeness (QED) is 0.760. The minimum Gasteiger partial charge on any atom is -0.454 e. The van der Waals surface area contributed by atoms with E-state index in [0.29, 0.717) is 48.8 Å². The van der Waals surface area contributed by atoms with Crippen LogP contribution < -0.4 is 9.47 Å². The first-order chi connectivity index (χ1) is 14.3. The molecule has 6 nitrogen and oxygen atoms in total. The van der Waals surface area contributed by atoms with Crippen molar-refractivity contribution in [3.63, 3.8) is 0 Å². The topological polar surface area (TPSA) is 59.1 Å². The van der Waals surface area contributed by atoms with Crippen molar-refractivity contribution in [2.45, 2.75) is 32.6 Å². The normalized spacial score (nSPS) is 16.4. The molecule has 0 aliphatic carbocycles. The van der Waals surface area contributed by atoms with Gasteiger partial charge in [-0.25, -0.2) is 0 Å². The second-order valence-electron chi connectivity index (χ2n) is 8.83. The van der Waals surface area contributed by atoms with Crippen molar-refractivity contribution < 1.29 is 19.1 Å². The highest BCUT2D eigenvalue weighted by Gasteiger charge is 2.25. The summed E-state index contributed by atoms with van der Waals surface area (Å²) in [6, 6.07) is 13.1. The summed E-state index contributed by atoms with van der Waals surface area (Å²) >= 11 is 0. The highest BCUT2D eigenvalue weighted by molar-refractivity contribution is 5.96. The Labute approximate surface area is 177 Å². The lowest BCUT2D eigenvalue weighted by molar-refractivity contribution is 0.0718. The summed E-state index contributed by atoms with van der Waals surface area (Å²) in [5, 5.41) is 0. The predicted molar refractivity (Wildman–Crippen MR) is 114 cm³/mol. The van der Waals surface area contributed by atoms with Crippen LogP contribution >= 0.6 is 0 Å². The van der Waals surface area contributed by atoms with Crippen LogP contribution in [0.2, 0.25) is 0 Å². The molecule has 2 aromatic carbocycles. The largest absolute Gasteiger partial charge is 0.454 e. The second-order valence-corrected chi connectivity index (χ2v) is 8.83. The third kappa shape index (κ3) is 4.13. The Bertz CT molecular complexity index is 947. The van der Waals surface area contributed by atoms with E-state index in [9.17, 15) is 9.59 Å². The minimum absolute atomic E-state index is 0.0211. The number of hydrogen-bond acceptors (Lipinski definition) is 4. The van der Waals surface area contributed by atoms with Gasteiger partial charge in [-0.15, -0.1) is 0 Å². The van der Waals surface area contributed by atoms with Crippen molar-refractivity contribution >= 4 is 11.8 Å². The molecule has 30 heavy (non-hydrogen) atoms. The van der Waals surface area contributed by atoms with Crippen LogP contribution in [0.1, 0.15) is 53.5 Å². The number of hydrogen-bond donors (Lipinski definition) is 0. The lowest BCUT2D eigenvalue weighted by atomic mass is 9.86. The molecule has 2 aromatic rings. The number of benzene rings is 2. The standard InChI is InChI=1S/C24H28N2O4/c1-24(2,3)19-8-5-17(6-9-19)22(27)25-11-4-12-26(14-13-25)23(28)18-7-10-20-21(15-18)30-16-29-20/h5-10,15H,4,11-14,16H2,1-3H3. The van der Waals surface area contributed by atoms with E-state index >= 15 is 0 Å². The Morgan fingerprint density at radius 3 is 1.97 bits per heavy atom. The number of carbonyl (C=O) groups is 2. The average molecular weight is 408 g/mol. The van der Waals surface area contributed by atoms with E-state index in [4.69, 9.17) is 9.47 Å². The molecule has 0 aromatic heterocycles. The van der Waals surface area contributed by atoms with Crippen LogP contribution in [-0.2, 0) is 5.41 Å². The first kappa shape index (κ1) is 20.3. The van der Waals surface area contributed by atoms with Crippen LogP contribution in [0.3, 0.4) is 0 Å². The third-order valence-electron chi connectivity index (χ3n) is 5.69. The monoisotopic (exact) mass is 408 g/mol. The van der Waals surface area contributed by atoms with Gasteiger partial charge in [0.1, 0.15) is 0 Å². The molecular weight excluding hydrogens is 380 g/mol. The van der Waals surface area contributed by atoms with Crippen LogP contribution in [-0.4, -0.2) is 54.6 Å². The van der Waals surface area contributed by atoms with Crippen molar-refractivity contribution in [2.75, 3.05) is 33.0 Å². The molecule has 0 bridgehead atoms. The molecule has 2 aliphatic rings. The maximum atomic E-state index is 13.0. The van der Waals surface area contributed by atoms with E-state index in [0.717, 1.165) is 6.42 Å². The van der Waals surface area contributed by atoms with Crippen LogP contribution in [0.25, 0.3) is 0 Å². The molecule has 1 saturated heterocycles. The molecule has 0 saturated carbocycles. The van der Waals surface area contributed by atoms with Crippen LogP contribution in [0.15, 0.2) is 42.5 Å². The van der Waals surface area contributed by atoms with Crippen molar-refractivity contribution in [1.29, 1.82) is 0 Å². The fourth-order valence-electron chi connectivity index (χ4n) is 3.83. The Hall–Kier alpha value is -3.02. The van der Waals surface area contributed by atoms with Crippen LogP contribution in [0.5, 0.6) is 11.5 Å². The molecule has 2 aliphatic heterocycles. The first-order valence-electron chi connectivity index (χ1n) is 10.4. The summed E-state index contributed by atoms with van der Waals surface area (Å²) in [5.41, 5.74) is 2.53. The van der Waals surface area contributed by atoms with Crippen molar-refractivity contribution in [2.24, 2.45) is 0 Å². The van der Waals surface area contributed by atoms with Gasteiger partial charge >= 0.3 is 0 Å². The van der Waals surface area contributed by atoms with Gasteiger partial charge in [0.15, 0.2) is 11.5 Å². The fourth-order valence-corrected chi connectivity index (χ4v) is 3.83. The van der Waals surface area contributed by atoms with Crippen LogP contribution in [0.4, 0.5) is 0 Å². The molecule has 1 fully saturated rings. The Morgan fingerprint density at radius 2 is 1.33 bits per heavy atom. The minimum atomic E-state index is -0.0443. The van der Waals surface area contributed by atoms with Crippen molar-refractivity contribution in [3.8, 4) is 11.5 Å². The Kier molecular flexibility index (Phi) is 5.41. The number of carbonyl (C=O) groups excluding carboxylic acids is 2. The molecule has 0 radical (unpaired) electrons. The van der Waals surface area contributed by atoms with Gasteiger partial charge in [-0.05, 0) is 47.7 Å². The molecule has 6 heteroatoms. The van der Waals surface area contributed by atoms with E-state index < -0.39 is 0 Å². The number of ether oxygens (including phenoxy) is 2. The average Bonchev–Trinajstić information content (AvgIpc) is 3.07. The number of rotatable bonds is 2. The predicted octanol–water partition coefficient (Wildman–Crippen LogP) is 3.70. The molecule has 0 spiro atoms. The lowest BCUT2D eigenvalue weighted by Crippen LogP contribution is -2.37. The highest BCUT2D eigenvalue weighted by Crippen LogP contribution is 2.33. The molecule has 4 rings (SSSR count). The highest BCUT2D eigenvalue weighted by atomic mass is 16.7. The molecule has 0 atom stereocenters. The first-order valence-corrected chi connectivity index (χ1v) is 10.4. The summed E-state index contributed by atoms with van der Waals surface area (Å²) in [7, 11) is 0. The smallest absolute Gasteiger partial charge is 0.254 e. The molecule has 0 unspecified atom stereocenters. The van der Waals surface area contributed by atoms with Crippen molar-refractivity contribution in [3.05, 3.63) is 59.2 Å². The van der Waals surface area contributed by atoms with Gasteiger partial charge in [-0.2, -0.15) is 0 Å². The summed E-state index contributed by atoms with van der Waals surface area (Å²) in [6.07, 6.45) is 0.752. The molecule has 0 N–H and O–H groups in total. The van der Waals surface area contributed by atoms with Gasteiger partial charge in [0, 0.05) is 37.3 Å². The summed E-state index contributed by atoms with van der Waals surface area (Å²) in [6.45, 7) is 8.96. The van der Waals surface area contributed by atoms with Gasteiger partial charge in [-0.1, -0.05) is 32.9 Å². The SMILES string of the molecule is CC(C)(C)c1ccc(C(=O)N2CCCN(C(=O)c3ccc4c(c3)OCO4)CC2)cc1. The Balaban J connectivity index is 1.41. The van der Waals surface area contributed by atoms with E-state index in [-0.39, 0.29) is 24.0 Å². The third-order valence-corrected chi connectivity index (χ3v) is 5.69. The second kappa shape index (κ2) is 8.01. The van der Waals surface area contributed by atoms with Gasteiger partial charge in [0.2, 0.25) is 6.79 Å². The summed E-state index contributed by atoms with van der Waals surface area (Å²) in [5.74, 6) is 1.24. The van der Waals surface area contributed by atoms with Gasteiger partial charge in [-0.3, -0.25) is 9.59 Å². The zero-order valence-corrected chi connectivity index (χ0v) is 17.8. The maximum Gasteiger partial charge on any atom is 0.254 e. The molecule has 2 amide bonds. The van der Waals surface area contributed by atoms with E-state index in [1.165, 1.54) is 5.56 Å².